The average Bonchev–Trinajstić information content (AvgIpc) is 2.85. The molecule has 1 aromatic carbocycles. The van der Waals surface area contributed by atoms with Crippen LogP contribution < -0.4 is 0 Å². The summed E-state index contributed by atoms with van der Waals surface area (Å²) < 4.78 is 0. The molecule has 4 nitrogen and oxygen atoms in total. The summed E-state index contributed by atoms with van der Waals surface area (Å²) >= 11 is 0. The van der Waals surface area contributed by atoms with Gasteiger partial charge in [0.2, 0.25) is 0 Å². The van der Waals surface area contributed by atoms with E-state index in [0.717, 1.165) is 21.8 Å². The summed E-state index contributed by atoms with van der Waals surface area (Å²) in [5, 5.41) is 10.9. The van der Waals surface area contributed by atoms with Gasteiger partial charge in [0.15, 0.2) is 5.65 Å². The number of aromatic nitrogens is 4. The molecule has 0 aliphatic rings. The van der Waals surface area contributed by atoms with Gasteiger partial charge in [-0.3, -0.25) is 0 Å². The normalized spacial score (nSPS) is 8.00. The van der Waals surface area contributed by atoms with E-state index in [0.29, 0.717) is 0 Å². The summed E-state index contributed by atoms with van der Waals surface area (Å²) in [5.41, 5.74) is 0.810. The van der Waals surface area contributed by atoms with Crippen LogP contribution in [0.25, 0.3) is 21.8 Å². The first-order valence-electron chi connectivity index (χ1n) is 10.2. The van der Waals surface area contributed by atoms with Crippen molar-refractivity contribution in [2.45, 2.75) is 55.4 Å². The fourth-order valence-corrected chi connectivity index (χ4v) is 1.84. The number of pyridine rings is 2. The van der Waals surface area contributed by atoms with Gasteiger partial charge in [0, 0.05) is 28.6 Å². The second kappa shape index (κ2) is 20.4. The predicted molar refractivity (Wildman–Crippen MR) is 124 cm³/mol. The van der Waals surface area contributed by atoms with Crippen molar-refractivity contribution in [3.8, 4) is 0 Å². The molecule has 0 radical (unpaired) electrons. The molecule has 0 unspecified atom stereocenters. The number of benzene rings is 1. The summed E-state index contributed by atoms with van der Waals surface area (Å²) in [5.74, 6) is 0. The summed E-state index contributed by atoms with van der Waals surface area (Å²) in [4.78, 5) is 8.14. The Balaban J connectivity index is 0. The lowest BCUT2D eigenvalue weighted by molar-refractivity contribution is 1.05. The molecule has 28 heavy (non-hydrogen) atoms. The lowest BCUT2D eigenvalue weighted by Gasteiger charge is -1.90. The topological polar surface area (TPSA) is 51.6 Å². The highest BCUT2D eigenvalue weighted by molar-refractivity contribution is 5.80. The van der Waals surface area contributed by atoms with E-state index >= 15 is 0 Å². The highest BCUT2D eigenvalue weighted by Gasteiger charge is 1.88. The van der Waals surface area contributed by atoms with E-state index in [1.807, 2.05) is 104 Å². The van der Waals surface area contributed by atoms with Crippen molar-refractivity contribution >= 4 is 21.8 Å². The fourth-order valence-electron chi connectivity index (χ4n) is 1.84. The van der Waals surface area contributed by atoms with Gasteiger partial charge >= 0.3 is 0 Å². The molecule has 0 spiro atoms. The van der Waals surface area contributed by atoms with E-state index in [-0.39, 0.29) is 0 Å². The van der Waals surface area contributed by atoms with Crippen molar-refractivity contribution in [2.24, 2.45) is 0 Å². The molecule has 4 aromatic rings. The van der Waals surface area contributed by atoms with Crippen LogP contribution in [-0.2, 0) is 0 Å². The van der Waals surface area contributed by atoms with E-state index in [1.165, 1.54) is 0 Å². The molecular weight excluding hydrogens is 344 g/mol. The lowest BCUT2D eigenvalue weighted by Crippen LogP contribution is -1.78. The van der Waals surface area contributed by atoms with E-state index in [1.54, 1.807) is 24.8 Å². The van der Waals surface area contributed by atoms with Gasteiger partial charge in [-0.2, -0.15) is 10.2 Å². The Morgan fingerprint density at radius 3 is 1.18 bits per heavy atom. The van der Waals surface area contributed by atoms with Crippen LogP contribution in [0.3, 0.4) is 0 Å². The number of rotatable bonds is 0. The maximum absolute atomic E-state index is 4.07. The smallest absolute Gasteiger partial charge is 0.159 e. The van der Waals surface area contributed by atoms with Crippen LogP contribution in [0.4, 0.5) is 0 Å². The SMILES string of the molecule is CC.CC.CC.CC.c1ccc2cnncc2c1.c1cnc2ncccc2c1. The summed E-state index contributed by atoms with van der Waals surface area (Å²) in [6.07, 6.45) is 7.01. The highest BCUT2D eigenvalue weighted by Crippen LogP contribution is 2.08. The lowest BCUT2D eigenvalue weighted by atomic mass is 10.2. The largest absolute Gasteiger partial charge is 0.237 e. The first-order chi connectivity index (χ1) is 13.9. The Hall–Kier alpha value is -2.88. The van der Waals surface area contributed by atoms with Crippen LogP contribution in [0.2, 0.25) is 0 Å². The minimum absolute atomic E-state index is 0.810. The zero-order valence-corrected chi connectivity index (χ0v) is 18.7. The van der Waals surface area contributed by atoms with Crippen LogP contribution in [0, 0.1) is 0 Å². The van der Waals surface area contributed by atoms with Crippen molar-refractivity contribution in [3.63, 3.8) is 0 Å². The second-order valence-electron chi connectivity index (χ2n) is 4.17. The molecule has 0 saturated carbocycles. The number of fused-ring (bicyclic) bond motifs is 2. The van der Waals surface area contributed by atoms with E-state index in [2.05, 4.69) is 20.2 Å². The number of hydrogen-bond acceptors (Lipinski definition) is 4. The monoisotopic (exact) mass is 380 g/mol. The summed E-state index contributed by atoms with van der Waals surface area (Å²) in [7, 11) is 0. The molecule has 0 fully saturated rings. The molecule has 0 aliphatic heterocycles. The third-order valence-corrected chi connectivity index (χ3v) is 2.83. The zero-order chi connectivity index (χ0) is 21.6. The van der Waals surface area contributed by atoms with Gasteiger partial charge in [0.25, 0.3) is 0 Å². The molecule has 3 heterocycles. The van der Waals surface area contributed by atoms with Crippen molar-refractivity contribution in [3.05, 3.63) is 73.3 Å². The third kappa shape index (κ3) is 10.3. The molecule has 0 atom stereocenters. The fraction of sp³-hybridized carbons (Fsp3) is 0.333. The Labute approximate surface area is 171 Å². The van der Waals surface area contributed by atoms with Crippen LogP contribution in [0.5, 0.6) is 0 Å². The zero-order valence-electron chi connectivity index (χ0n) is 18.7. The average molecular weight is 381 g/mol. The van der Waals surface area contributed by atoms with Gasteiger partial charge in [-0.1, -0.05) is 79.7 Å². The van der Waals surface area contributed by atoms with E-state index < -0.39 is 0 Å². The van der Waals surface area contributed by atoms with Gasteiger partial charge in [-0.25, -0.2) is 9.97 Å². The second-order valence-corrected chi connectivity index (χ2v) is 4.17. The van der Waals surface area contributed by atoms with Gasteiger partial charge in [0.1, 0.15) is 0 Å². The van der Waals surface area contributed by atoms with Gasteiger partial charge < -0.3 is 0 Å². The Morgan fingerprint density at radius 2 is 0.821 bits per heavy atom. The molecular formula is C24H36N4. The van der Waals surface area contributed by atoms with Gasteiger partial charge in [-0.15, -0.1) is 0 Å². The van der Waals surface area contributed by atoms with Crippen molar-refractivity contribution < 1.29 is 0 Å². The van der Waals surface area contributed by atoms with Gasteiger partial charge in [0.05, 0.1) is 12.4 Å². The van der Waals surface area contributed by atoms with Crippen LogP contribution in [0.15, 0.2) is 73.3 Å². The standard InChI is InChI=1S/2C8H6N2.4C2H6/c1-3-7-4-2-6-10-8(7)9-5-1;1-2-4-8-6-10-9-5-7(8)3-1;4*1-2/h2*1-6H;4*1-2H3. The molecule has 0 saturated heterocycles. The molecule has 0 aliphatic carbocycles. The summed E-state index contributed by atoms with van der Waals surface area (Å²) in [6.45, 7) is 16.0. The van der Waals surface area contributed by atoms with Crippen LogP contribution >= 0.6 is 0 Å². The number of hydrogen-bond donors (Lipinski definition) is 0. The molecule has 0 N–H and O–H groups in total. The molecule has 0 amide bonds. The van der Waals surface area contributed by atoms with Crippen molar-refractivity contribution in [2.75, 3.05) is 0 Å². The maximum Gasteiger partial charge on any atom is 0.159 e. The van der Waals surface area contributed by atoms with E-state index in [9.17, 15) is 0 Å². The first kappa shape index (κ1) is 27.3. The van der Waals surface area contributed by atoms with E-state index in [4.69, 9.17) is 0 Å². The minimum atomic E-state index is 0.810. The first-order valence-corrected chi connectivity index (χ1v) is 10.2. The van der Waals surface area contributed by atoms with Crippen LogP contribution in [0.1, 0.15) is 55.4 Å². The maximum atomic E-state index is 4.07. The molecule has 152 valence electrons. The summed E-state index contributed by atoms with van der Waals surface area (Å²) in [6, 6.07) is 15.8. The van der Waals surface area contributed by atoms with Crippen LogP contribution in [-0.4, -0.2) is 20.2 Å². The molecule has 4 heteroatoms. The molecule has 3 aromatic heterocycles. The van der Waals surface area contributed by atoms with Gasteiger partial charge in [-0.05, 0) is 24.3 Å². The Kier molecular flexibility index (Phi) is 20.0. The molecule has 4 rings (SSSR count). The molecule has 0 bridgehead atoms. The number of nitrogens with zero attached hydrogens (tertiary/aromatic N) is 4. The minimum Gasteiger partial charge on any atom is -0.237 e. The highest BCUT2D eigenvalue weighted by atomic mass is 15.1. The van der Waals surface area contributed by atoms with Crippen molar-refractivity contribution in [1.82, 2.24) is 20.2 Å². The quantitative estimate of drug-likeness (QED) is 0.319. The van der Waals surface area contributed by atoms with Crippen molar-refractivity contribution in [1.29, 1.82) is 0 Å². The Morgan fingerprint density at radius 1 is 0.464 bits per heavy atom. The predicted octanol–water partition coefficient (Wildman–Crippen LogP) is 7.36. The third-order valence-electron chi connectivity index (χ3n) is 2.83. The Bertz CT molecular complexity index is 630.